The van der Waals surface area contributed by atoms with Crippen LogP contribution in [0.1, 0.15) is 12.5 Å². The highest BCUT2D eigenvalue weighted by atomic mass is 16.5. The van der Waals surface area contributed by atoms with Crippen LogP contribution in [0.2, 0.25) is 0 Å². The van der Waals surface area contributed by atoms with Crippen molar-refractivity contribution >= 4 is 0 Å². The van der Waals surface area contributed by atoms with E-state index in [0.29, 0.717) is 18.1 Å². The van der Waals surface area contributed by atoms with E-state index in [2.05, 4.69) is 12.0 Å². The highest BCUT2D eigenvalue weighted by molar-refractivity contribution is 5.47. The molecule has 0 unspecified atom stereocenters. The quantitative estimate of drug-likeness (QED) is 0.708. The highest BCUT2D eigenvalue weighted by Gasteiger charge is 2.02. The largest absolute Gasteiger partial charge is 0.493 e. The Labute approximate surface area is 90.0 Å². The lowest BCUT2D eigenvalue weighted by atomic mass is 10.2. The number of hydrogen-bond donors (Lipinski definition) is 0. The van der Waals surface area contributed by atoms with Crippen LogP contribution in [0.3, 0.4) is 0 Å². The summed E-state index contributed by atoms with van der Waals surface area (Å²) in [5.41, 5.74) is 0.834. The maximum atomic E-state index is 5.15. The van der Waals surface area contributed by atoms with E-state index >= 15 is 0 Å². The molecule has 3 nitrogen and oxygen atoms in total. The first-order valence-corrected chi connectivity index (χ1v) is 4.66. The Kier molecular flexibility index (Phi) is 4.36. The van der Waals surface area contributed by atoms with Gasteiger partial charge < -0.3 is 14.2 Å². The van der Waals surface area contributed by atoms with E-state index in [1.165, 1.54) is 0 Å². The molecular formula is C12H14O3. The molecule has 0 saturated carbocycles. The first kappa shape index (κ1) is 11.3. The first-order chi connectivity index (χ1) is 7.31. The number of rotatable bonds is 3. The van der Waals surface area contributed by atoms with Crippen molar-refractivity contribution < 1.29 is 14.2 Å². The van der Waals surface area contributed by atoms with Gasteiger partial charge in [0.05, 0.1) is 20.8 Å². The fourth-order valence-electron chi connectivity index (χ4n) is 1.08. The van der Waals surface area contributed by atoms with Gasteiger partial charge in [-0.1, -0.05) is 0 Å². The van der Waals surface area contributed by atoms with Crippen molar-refractivity contribution in [2.75, 3.05) is 20.8 Å². The molecule has 0 N–H and O–H groups in total. The summed E-state index contributed by atoms with van der Waals surface area (Å²) in [6.07, 6.45) is 2.59. The molecule has 80 valence electrons. The minimum absolute atomic E-state index is 0.584. The molecule has 1 rings (SSSR count). The Morgan fingerprint density at radius 1 is 1.13 bits per heavy atom. The van der Waals surface area contributed by atoms with Crippen LogP contribution in [0.15, 0.2) is 18.2 Å². The summed E-state index contributed by atoms with van der Waals surface area (Å²) in [6, 6.07) is 5.48. The molecule has 0 heterocycles. The Balaban J connectivity index is 2.89. The molecule has 0 aromatic heterocycles. The maximum Gasteiger partial charge on any atom is 0.161 e. The van der Waals surface area contributed by atoms with Crippen LogP contribution in [0.25, 0.3) is 0 Å². The second-order valence-electron chi connectivity index (χ2n) is 2.73. The Bertz CT molecular complexity index is 374. The van der Waals surface area contributed by atoms with Crippen LogP contribution >= 0.6 is 0 Å². The van der Waals surface area contributed by atoms with Crippen molar-refractivity contribution in [2.45, 2.75) is 6.92 Å². The Morgan fingerprint density at radius 3 is 2.47 bits per heavy atom. The van der Waals surface area contributed by atoms with Gasteiger partial charge in [0.25, 0.3) is 0 Å². The third-order valence-electron chi connectivity index (χ3n) is 1.80. The van der Waals surface area contributed by atoms with E-state index in [-0.39, 0.29) is 0 Å². The summed E-state index contributed by atoms with van der Waals surface area (Å²) in [6.45, 7) is 2.48. The molecule has 0 saturated heterocycles. The average molecular weight is 206 g/mol. The smallest absolute Gasteiger partial charge is 0.161 e. The second-order valence-corrected chi connectivity index (χ2v) is 2.73. The molecule has 0 aliphatic heterocycles. The van der Waals surface area contributed by atoms with Gasteiger partial charge in [0.1, 0.15) is 6.11 Å². The van der Waals surface area contributed by atoms with Crippen molar-refractivity contribution in [1.29, 1.82) is 0 Å². The summed E-state index contributed by atoms with van der Waals surface area (Å²) >= 11 is 0. The zero-order valence-corrected chi connectivity index (χ0v) is 9.16. The summed E-state index contributed by atoms with van der Waals surface area (Å²) in [4.78, 5) is 0. The average Bonchev–Trinajstić information content (AvgIpc) is 2.29. The van der Waals surface area contributed by atoms with Crippen LogP contribution in [-0.4, -0.2) is 20.8 Å². The summed E-state index contributed by atoms with van der Waals surface area (Å²) in [5.74, 6) is 4.23. The van der Waals surface area contributed by atoms with Gasteiger partial charge in [0, 0.05) is 5.56 Å². The van der Waals surface area contributed by atoms with Crippen LogP contribution in [0.4, 0.5) is 0 Å². The van der Waals surface area contributed by atoms with E-state index in [0.717, 1.165) is 5.56 Å². The lowest BCUT2D eigenvalue weighted by molar-refractivity contribution is 0.299. The molecule has 0 atom stereocenters. The third kappa shape index (κ3) is 3.10. The number of methoxy groups -OCH3 is 2. The fourth-order valence-corrected chi connectivity index (χ4v) is 1.08. The highest BCUT2D eigenvalue weighted by Crippen LogP contribution is 2.26. The third-order valence-corrected chi connectivity index (χ3v) is 1.80. The van der Waals surface area contributed by atoms with Crippen molar-refractivity contribution in [3.63, 3.8) is 0 Å². The van der Waals surface area contributed by atoms with Gasteiger partial charge in [0.2, 0.25) is 0 Å². The molecule has 0 bridgehead atoms. The lowest BCUT2D eigenvalue weighted by Gasteiger charge is -2.06. The number of benzene rings is 1. The van der Waals surface area contributed by atoms with Gasteiger partial charge >= 0.3 is 0 Å². The Morgan fingerprint density at radius 2 is 1.87 bits per heavy atom. The van der Waals surface area contributed by atoms with Crippen molar-refractivity contribution in [3.8, 4) is 23.5 Å². The van der Waals surface area contributed by atoms with E-state index in [1.54, 1.807) is 14.2 Å². The SMILES string of the molecule is CCOC#Cc1ccc(OC)c(OC)c1. The molecule has 15 heavy (non-hydrogen) atoms. The number of hydrogen-bond acceptors (Lipinski definition) is 3. The van der Waals surface area contributed by atoms with Crippen molar-refractivity contribution in [2.24, 2.45) is 0 Å². The van der Waals surface area contributed by atoms with Crippen LogP contribution in [0.5, 0.6) is 11.5 Å². The van der Waals surface area contributed by atoms with Crippen LogP contribution in [-0.2, 0) is 4.74 Å². The Hall–Kier alpha value is -1.82. The van der Waals surface area contributed by atoms with Crippen LogP contribution in [0, 0.1) is 12.0 Å². The molecule has 0 radical (unpaired) electrons. The molecule has 0 aliphatic rings. The van der Waals surface area contributed by atoms with Gasteiger partial charge in [-0.05, 0) is 31.0 Å². The minimum atomic E-state index is 0.584. The van der Waals surface area contributed by atoms with Crippen molar-refractivity contribution in [3.05, 3.63) is 23.8 Å². The topological polar surface area (TPSA) is 27.7 Å². The molecule has 0 fully saturated rings. The molecule has 1 aromatic carbocycles. The van der Waals surface area contributed by atoms with Gasteiger partial charge in [-0.2, -0.15) is 0 Å². The standard InChI is InChI=1S/C12H14O3/c1-4-15-8-7-10-5-6-11(13-2)12(9-10)14-3/h5-6,9H,4H2,1-3H3. The van der Waals surface area contributed by atoms with Gasteiger partial charge in [-0.15, -0.1) is 0 Å². The molecule has 1 aromatic rings. The van der Waals surface area contributed by atoms with Gasteiger partial charge in [-0.3, -0.25) is 0 Å². The predicted octanol–water partition coefficient (Wildman–Crippen LogP) is 2.05. The maximum absolute atomic E-state index is 5.15. The van der Waals surface area contributed by atoms with E-state index in [4.69, 9.17) is 14.2 Å². The molecule has 0 amide bonds. The summed E-state index contributed by atoms with van der Waals surface area (Å²) in [5, 5.41) is 0. The monoisotopic (exact) mass is 206 g/mol. The normalized spacial score (nSPS) is 8.73. The van der Waals surface area contributed by atoms with E-state index in [9.17, 15) is 0 Å². The lowest BCUT2D eigenvalue weighted by Crippen LogP contribution is -1.90. The number of ether oxygens (including phenoxy) is 3. The van der Waals surface area contributed by atoms with E-state index in [1.807, 2.05) is 25.1 Å². The molecule has 0 aliphatic carbocycles. The first-order valence-electron chi connectivity index (χ1n) is 4.66. The minimum Gasteiger partial charge on any atom is -0.493 e. The zero-order valence-electron chi connectivity index (χ0n) is 9.16. The van der Waals surface area contributed by atoms with Crippen LogP contribution < -0.4 is 9.47 Å². The molecule has 0 spiro atoms. The van der Waals surface area contributed by atoms with Gasteiger partial charge in [-0.25, -0.2) is 0 Å². The summed E-state index contributed by atoms with van der Waals surface area (Å²) in [7, 11) is 3.20. The fraction of sp³-hybridized carbons (Fsp3) is 0.333. The zero-order chi connectivity index (χ0) is 11.1. The van der Waals surface area contributed by atoms with E-state index < -0.39 is 0 Å². The predicted molar refractivity (Wildman–Crippen MR) is 58.1 cm³/mol. The molecule has 3 heteroatoms. The molecular weight excluding hydrogens is 192 g/mol. The van der Waals surface area contributed by atoms with Gasteiger partial charge in [0.15, 0.2) is 11.5 Å². The van der Waals surface area contributed by atoms with Crippen molar-refractivity contribution in [1.82, 2.24) is 0 Å². The summed E-state index contributed by atoms with van der Waals surface area (Å²) < 4.78 is 15.2. The second kappa shape index (κ2) is 5.82.